The normalized spacial score (nSPS) is 15.1. The first-order valence-corrected chi connectivity index (χ1v) is 12.1. The second kappa shape index (κ2) is 10.1. The smallest absolute Gasteiger partial charge is 0.319 e. The summed E-state index contributed by atoms with van der Waals surface area (Å²) in [4.78, 5) is 27.6. The molecule has 1 atom stereocenters. The number of rotatable bonds is 6. The monoisotopic (exact) mass is 503 g/mol. The molecule has 4 rings (SSSR count). The molecule has 3 amide bonds. The van der Waals surface area contributed by atoms with E-state index in [4.69, 9.17) is 16.3 Å². The van der Waals surface area contributed by atoms with Crippen LogP contribution in [0.1, 0.15) is 44.4 Å². The summed E-state index contributed by atoms with van der Waals surface area (Å²) in [5.74, 6) is 0.427. The fraction of sp³-hybridized carbons (Fsp3) is 0.241. The van der Waals surface area contributed by atoms with Crippen LogP contribution >= 0.6 is 11.6 Å². The molecule has 0 spiro atoms. The van der Waals surface area contributed by atoms with Gasteiger partial charge in [-0.1, -0.05) is 54.1 Å². The van der Waals surface area contributed by atoms with Crippen molar-refractivity contribution in [3.63, 3.8) is 0 Å². The number of carbonyl (C=O) groups is 2. The number of nitrogens with one attached hydrogen (secondary N) is 2. The second-order valence-electron chi connectivity index (χ2n) is 9.56. The molecule has 2 N–H and O–H groups in total. The zero-order valence-corrected chi connectivity index (χ0v) is 21.6. The van der Waals surface area contributed by atoms with Gasteiger partial charge in [0.1, 0.15) is 5.75 Å². The molecule has 6 nitrogen and oxygen atoms in total. The summed E-state index contributed by atoms with van der Waals surface area (Å²) in [6, 6.07) is 20.2. The zero-order chi connectivity index (χ0) is 26.0. The molecule has 36 heavy (non-hydrogen) atoms. The third-order valence-electron chi connectivity index (χ3n) is 6.18. The van der Waals surface area contributed by atoms with Crippen molar-refractivity contribution in [3.05, 3.63) is 95.0 Å². The van der Waals surface area contributed by atoms with Gasteiger partial charge < -0.3 is 20.3 Å². The molecule has 3 aromatic carbocycles. The van der Waals surface area contributed by atoms with Gasteiger partial charge in [-0.05, 0) is 80.8 Å². The lowest BCUT2D eigenvalue weighted by molar-refractivity contribution is -0.125. The van der Waals surface area contributed by atoms with E-state index in [0.29, 0.717) is 28.7 Å². The highest BCUT2D eigenvalue weighted by molar-refractivity contribution is 6.30. The Labute approximate surface area is 216 Å². The van der Waals surface area contributed by atoms with Gasteiger partial charge in [0.15, 0.2) is 6.10 Å². The van der Waals surface area contributed by atoms with Gasteiger partial charge in [-0.3, -0.25) is 4.79 Å². The van der Waals surface area contributed by atoms with E-state index in [-0.39, 0.29) is 11.9 Å². The Bertz CT molecular complexity index is 1320. The van der Waals surface area contributed by atoms with Crippen LogP contribution in [0.5, 0.6) is 5.75 Å². The van der Waals surface area contributed by atoms with Crippen molar-refractivity contribution in [2.75, 3.05) is 10.2 Å². The van der Waals surface area contributed by atoms with E-state index in [1.807, 2.05) is 57.2 Å². The predicted octanol–water partition coefficient (Wildman–Crippen LogP) is 6.74. The molecule has 0 radical (unpaired) electrons. The van der Waals surface area contributed by atoms with Crippen LogP contribution in [0.2, 0.25) is 5.02 Å². The third-order valence-corrected chi connectivity index (χ3v) is 6.43. The predicted molar refractivity (Wildman–Crippen MR) is 146 cm³/mol. The molecule has 0 saturated heterocycles. The van der Waals surface area contributed by atoms with Gasteiger partial charge in [0, 0.05) is 10.7 Å². The number of hydrogen-bond acceptors (Lipinski definition) is 3. The van der Waals surface area contributed by atoms with E-state index in [2.05, 4.69) is 17.2 Å². The summed E-state index contributed by atoms with van der Waals surface area (Å²) in [7, 11) is 0. The van der Waals surface area contributed by atoms with Crippen molar-refractivity contribution in [3.8, 4) is 5.75 Å². The zero-order valence-electron chi connectivity index (χ0n) is 20.9. The van der Waals surface area contributed by atoms with Crippen molar-refractivity contribution in [2.45, 2.75) is 45.9 Å². The second-order valence-corrected chi connectivity index (χ2v) is 10.00. The van der Waals surface area contributed by atoms with Gasteiger partial charge in [0.25, 0.3) is 5.91 Å². The number of carbonyl (C=O) groups excluding carboxylic acids is 2. The van der Waals surface area contributed by atoms with Crippen LogP contribution in [0.25, 0.3) is 5.57 Å². The summed E-state index contributed by atoms with van der Waals surface area (Å²) in [6.45, 7) is 11.9. The first kappa shape index (κ1) is 25.3. The molecule has 0 bridgehead atoms. The SMILES string of the molecule is C=C(C)c1cccc(C(C)(C)NC(=O)Nc2ccc3c(c2)N(Cc2ccc(Cl)cc2)C(=O)C(C)O3)c1. The molecule has 1 aliphatic heterocycles. The number of halogens is 1. The summed E-state index contributed by atoms with van der Waals surface area (Å²) in [5, 5.41) is 6.56. The average Bonchev–Trinajstić information content (AvgIpc) is 2.83. The Morgan fingerprint density at radius 3 is 2.53 bits per heavy atom. The third kappa shape index (κ3) is 5.55. The van der Waals surface area contributed by atoms with Crippen molar-refractivity contribution in [1.82, 2.24) is 5.32 Å². The summed E-state index contributed by atoms with van der Waals surface area (Å²) < 4.78 is 5.81. The van der Waals surface area contributed by atoms with E-state index < -0.39 is 11.6 Å². The van der Waals surface area contributed by atoms with Crippen LogP contribution in [-0.2, 0) is 16.9 Å². The van der Waals surface area contributed by atoms with Crippen LogP contribution in [0, 0.1) is 0 Å². The van der Waals surface area contributed by atoms with Gasteiger partial charge in [0.05, 0.1) is 17.8 Å². The Morgan fingerprint density at radius 1 is 1.11 bits per heavy atom. The lowest BCUT2D eigenvalue weighted by Crippen LogP contribution is -2.44. The van der Waals surface area contributed by atoms with Crippen molar-refractivity contribution in [1.29, 1.82) is 0 Å². The number of anilines is 2. The van der Waals surface area contributed by atoms with Crippen molar-refractivity contribution >= 4 is 40.5 Å². The number of urea groups is 1. The number of allylic oxidation sites excluding steroid dienone is 1. The fourth-order valence-corrected chi connectivity index (χ4v) is 4.24. The molecular weight excluding hydrogens is 474 g/mol. The van der Waals surface area contributed by atoms with Crippen molar-refractivity contribution in [2.24, 2.45) is 0 Å². The lowest BCUT2D eigenvalue weighted by Gasteiger charge is -2.33. The summed E-state index contributed by atoms with van der Waals surface area (Å²) in [5.41, 5.74) is 4.40. The Morgan fingerprint density at radius 2 is 1.83 bits per heavy atom. The molecule has 186 valence electrons. The standard InChI is InChI=1S/C29H30ClN3O3/c1-18(2)21-7-6-8-22(15-21)29(4,5)32-28(35)31-24-13-14-26-25(16-24)33(27(34)19(3)36-26)17-20-9-11-23(30)12-10-20/h6-16,19H,1,17H2,2-5H3,(H2,31,32,35). The Balaban J connectivity index is 1.54. The summed E-state index contributed by atoms with van der Waals surface area (Å²) >= 11 is 6.01. The van der Waals surface area contributed by atoms with Gasteiger partial charge in [-0.15, -0.1) is 0 Å². The van der Waals surface area contributed by atoms with E-state index in [0.717, 1.165) is 22.3 Å². The highest BCUT2D eigenvalue weighted by atomic mass is 35.5. The number of ether oxygens (including phenoxy) is 1. The number of benzene rings is 3. The van der Waals surface area contributed by atoms with Gasteiger partial charge >= 0.3 is 6.03 Å². The van der Waals surface area contributed by atoms with Crippen LogP contribution in [-0.4, -0.2) is 18.0 Å². The molecule has 0 aliphatic carbocycles. The fourth-order valence-electron chi connectivity index (χ4n) is 4.11. The molecule has 0 fully saturated rings. The maximum absolute atomic E-state index is 13.0. The van der Waals surface area contributed by atoms with Crippen LogP contribution in [0.15, 0.2) is 73.3 Å². The van der Waals surface area contributed by atoms with Gasteiger partial charge in [-0.2, -0.15) is 0 Å². The maximum Gasteiger partial charge on any atom is 0.319 e. The minimum Gasteiger partial charge on any atom is -0.479 e. The van der Waals surface area contributed by atoms with Crippen LogP contribution < -0.4 is 20.3 Å². The van der Waals surface area contributed by atoms with E-state index in [9.17, 15) is 9.59 Å². The van der Waals surface area contributed by atoms with Crippen LogP contribution in [0.3, 0.4) is 0 Å². The largest absolute Gasteiger partial charge is 0.479 e. The number of hydrogen-bond donors (Lipinski definition) is 2. The number of amides is 3. The highest BCUT2D eigenvalue weighted by Gasteiger charge is 2.32. The van der Waals surface area contributed by atoms with E-state index in [1.165, 1.54) is 0 Å². The molecule has 1 unspecified atom stereocenters. The molecule has 1 aliphatic rings. The first-order valence-electron chi connectivity index (χ1n) is 11.8. The molecule has 7 heteroatoms. The van der Waals surface area contributed by atoms with Crippen LogP contribution in [0.4, 0.5) is 16.2 Å². The van der Waals surface area contributed by atoms with E-state index >= 15 is 0 Å². The Hall–Kier alpha value is -3.77. The van der Waals surface area contributed by atoms with E-state index in [1.54, 1.807) is 42.2 Å². The van der Waals surface area contributed by atoms with Crippen molar-refractivity contribution < 1.29 is 14.3 Å². The topological polar surface area (TPSA) is 70.7 Å². The lowest BCUT2D eigenvalue weighted by atomic mass is 9.92. The molecule has 0 aromatic heterocycles. The number of nitrogens with zero attached hydrogens (tertiary/aromatic N) is 1. The molecule has 1 heterocycles. The quantitative estimate of drug-likeness (QED) is 0.391. The Kier molecular flexibility index (Phi) is 7.09. The minimum absolute atomic E-state index is 0.155. The average molecular weight is 504 g/mol. The van der Waals surface area contributed by atoms with Gasteiger partial charge in [0.2, 0.25) is 0 Å². The van der Waals surface area contributed by atoms with Gasteiger partial charge in [-0.25, -0.2) is 4.79 Å². The summed E-state index contributed by atoms with van der Waals surface area (Å²) in [6.07, 6.45) is -0.609. The molecular formula is C29H30ClN3O3. The number of fused-ring (bicyclic) bond motifs is 1. The molecule has 0 saturated carbocycles. The minimum atomic E-state index is -0.626. The first-order chi connectivity index (χ1) is 17.0. The molecule has 3 aromatic rings. The highest BCUT2D eigenvalue weighted by Crippen LogP contribution is 2.37. The maximum atomic E-state index is 13.0.